The summed E-state index contributed by atoms with van der Waals surface area (Å²) in [6.45, 7) is 4.08. The van der Waals surface area contributed by atoms with Crippen molar-refractivity contribution in [3.63, 3.8) is 0 Å². The summed E-state index contributed by atoms with van der Waals surface area (Å²) < 4.78 is 3.84. The van der Waals surface area contributed by atoms with E-state index in [4.69, 9.17) is 0 Å². The molecule has 0 N–H and O–H groups in total. The lowest BCUT2D eigenvalue weighted by Gasteiger charge is -2.01. The van der Waals surface area contributed by atoms with Gasteiger partial charge < -0.3 is 0 Å². The molecule has 1 heterocycles. The van der Waals surface area contributed by atoms with Gasteiger partial charge in [0.05, 0.1) is 5.69 Å². The number of hydrogen-bond donors (Lipinski definition) is 0. The third-order valence-electron chi connectivity index (χ3n) is 2.72. The third-order valence-corrected chi connectivity index (χ3v) is 3.49. The second-order valence-corrected chi connectivity index (χ2v) is 4.54. The molecule has 0 bridgehead atoms. The molecule has 2 aromatic rings. The minimum Gasteiger partial charge on any atom is -0.288 e. The molecule has 4 heteroatoms. The Morgan fingerprint density at radius 3 is 2.47 bits per heavy atom. The molecule has 17 heavy (non-hydrogen) atoms. The number of carbonyl (C=O) groups is 1. The van der Waals surface area contributed by atoms with Crippen molar-refractivity contribution in [1.82, 2.24) is 9.59 Å². The van der Waals surface area contributed by atoms with Crippen LogP contribution in [0.3, 0.4) is 0 Å². The minimum atomic E-state index is 0.0273. The van der Waals surface area contributed by atoms with E-state index in [2.05, 4.69) is 16.5 Å². The summed E-state index contributed by atoms with van der Waals surface area (Å²) in [5.41, 5.74) is 2.74. The van der Waals surface area contributed by atoms with E-state index in [0.29, 0.717) is 10.4 Å². The Hall–Kier alpha value is -1.55. The van der Waals surface area contributed by atoms with Crippen molar-refractivity contribution in [1.29, 1.82) is 0 Å². The highest BCUT2D eigenvalue weighted by molar-refractivity contribution is 7.08. The number of nitrogens with zero attached hydrogens (tertiary/aromatic N) is 2. The molecule has 0 aliphatic carbocycles. The van der Waals surface area contributed by atoms with Gasteiger partial charge in [0, 0.05) is 5.56 Å². The Kier molecular flexibility index (Phi) is 3.64. The van der Waals surface area contributed by atoms with Crippen LogP contribution in [-0.4, -0.2) is 15.4 Å². The number of aromatic nitrogens is 2. The maximum absolute atomic E-state index is 12.2. The predicted octanol–water partition coefficient (Wildman–Crippen LogP) is 2.89. The highest BCUT2D eigenvalue weighted by Crippen LogP contribution is 2.17. The molecule has 0 spiro atoms. The van der Waals surface area contributed by atoms with Crippen LogP contribution in [-0.2, 0) is 12.8 Å². The molecular weight excluding hydrogens is 232 g/mol. The maximum atomic E-state index is 12.2. The van der Waals surface area contributed by atoms with Crippen molar-refractivity contribution in [3.8, 4) is 0 Å². The molecule has 0 amide bonds. The summed E-state index contributed by atoms with van der Waals surface area (Å²) >= 11 is 1.18. The van der Waals surface area contributed by atoms with Gasteiger partial charge in [-0.25, -0.2) is 0 Å². The number of hydrogen-bond acceptors (Lipinski definition) is 4. The highest BCUT2D eigenvalue weighted by atomic mass is 32.1. The maximum Gasteiger partial charge on any atom is 0.206 e. The van der Waals surface area contributed by atoms with Crippen LogP contribution < -0.4 is 0 Å². The zero-order valence-electron chi connectivity index (χ0n) is 9.93. The number of rotatable bonds is 4. The second-order valence-electron chi connectivity index (χ2n) is 3.78. The van der Waals surface area contributed by atoms with Crippen molar-refractivity contribution in [2.24, 2.45) is 0 Å². The number of ketones is 1. The topological polar surface area (TPSA) is 42.9 Å². The average molecular weight is 246 g/mol. The van der Waals surface area contributed by atoms with Crippen LogP contribution in [0.15, 0.2) is 24.3 Å². The van der Waals surface area contributed by atoms with Crippen LogP contribution in [0.1, 0.15) is 40.3 Å². The Morgan fingerprint density at radius 2 is 1.88 bits per heavy atom. The Bertz CT molecular complexity index is 516. The van der Waals surface area contributed by atoms with Gasteiger partial charge in [0.2, 0.25) is 5.78 Å². The van der Waals surface area contributed by atoms with Crippen molar-refractivity contribution in [3.05, 3.63) is 46.0 Å². The largest absolute Gasteiger partial charge is 0.288 e. The highest BCUT2D eigenvalue weighted by Gasteiger charge is 2.16. The Labute approximate surface area is 105 Å². The van der Waals surface area contributed by atoms with Crippen LogP contribution in [0.25, 0.3) is 0 Å². The number of aryl methyl sites for hydroxylation is 2. The summed E-state index contributed by atoms with van der Waals surface area (Å²) in [6.07, 6.45) is 1.72. The minimum absolute atomic E-state index is 0.0273. The number of carbonyl (C=O) groups excluding carboxylic acids is 1. The Balaban J connectivity index is 2.30. The summed E-state index contributed by atoms with van der Waals surface area (Å²) in [5, 5.41) is 3.96. The van der Waals surface area contributed by atoms with E-state index in [1.54, 1.807) is 0 Å². The summed E-state index contributed by atoms with van der Waals surface area (Å²) in [7, 11) is 0. The van der Waals surface area contributed by atoms with Gasteiger partial charge in [-0.05, 0) is 29.9 Å². The second kappa shape index (κ2) is 5.19. The molecule has 1 aromatic heterocycles. The molecular formula is C13H14N2OS. The first-order chi connectivity index (χ1) is 8.26. The molecule has 0 radical (unpaired) electrons. The molecule has 0 unspecified atom stereocenters. The molecule has 88 valence electrons. The summed E-state index contributed by atoms with van der Waals surface area (Å²) in [4.78, 5) is 12.9. The zero-order chi connectivity index (χ0) is 12.3. The van der Waals surface area contributed by atoms with Crippen molar-refractivity contribution in [2.75, 3.05) is 0 Å². The van der Waals surface area contributed by atoms with Gasteiger partial charge >= 0.3 is 0 Å². The monoisotopic (exact) mass is 246 g/mol. The molecule has 0 saturated carbocycles. The lowest BCUT2D eigenvalue weighted by molar-refractivity contribution is 0.104. The first-order valence-corrected chi connectivity index (χ1v) is 6.48. The van der Waals surface area contributed by atoms with Crippen LogP contribution in [0.5, 0.6) is 0 Å². The van der Waals surface area contributed by atoms with Crippen molar-refractivity contribution >= 4 is 17.3 Å². The first-order valence-electron chi connectivity index (χ1n) is 5.71. The fourth-order valence-corrected chi connectivity index (χ4v) is 2.35. The molecule has 3 nitrogen and oxygen atoms in total. The summed E-state index contributed by atoms with van der Waals surface area (Å²) in [5.74, 6) is 0.0273. The Morgan fingerprint density at radius 1 is 1.18 bits per heavy atom. The third kappa shape index (κ3) is 2.42. The molecule has 0 aliphatic rings. The van der Waals surface area contributed by atoms with E-state index in [9.17, 15) is 4.79 Å². The smallest absolute Gasteiger partial charge is 0.206 e. The van der Waals surface area contributed by atoms with Gasteiger partial charge in [0.1, 0.15) is 4.88 Å². The fourth-order valence-electron chi connectivity index (χ4n) is 1.64. The van der Waals surface area contributed by atoms with Crippen molar-refractivity contribution in [2.45, 2.75) is 26.7 Å². The van der Waals surface area contributed by atoms with Crippen LogP contribution in [0.2, 0.25) is 0 Å². The van der Waals surface area contributed by atoms with Crippen LogP contribution >= 0.6 is 11.5 Å². The van der Waals surface area contributed by atoms with Gasteiger partial charge in [-0.2, -0.15) is 0 Å². The SMILES string of the molecule is CCc1ccc(C(=O)c2snnc2CC)cc1. The predicted molar refractivity (Wildman–Crippen MR) is 68.5 cm³/mol. The standard InChI is InChI=1S/C13H14N2OS/c1-3-9-5-7-10(8-6-9)12(16)13-11(4-2)14-15-17-13/h5-8H,3-4H2,1-2H3. The van der Waals surface area contributed by atoms with Gasteiger partial charge in [0.25, 0.3) is 0 Å². The molecule has 0 aliphatic heterocycles. The van der Waals surface area contributed by atoms with Gasteiger partial charge in [-0.3, -0.25) is 4.79 Å². The van der Waals surface area contributed by atoms with E-state index in [0.717, 1.165) is 18.5 Å². The van der Waals surface area contributed by atoms with E-state index in [-0.39, 0.29) is 5.78 Å². The molecule has 0 saturated heterocycles. The number of benzene rings is 1. The van der Waals surface area contributed by atoms with Gasteiger partial charge in [0.15, 0.2) is 0 Å². The average Bonchev–Trinajstić information content (AvgIpc) is 2.86. The lowest BCUT2D eigenvalue weighted by Crippen LogP contribution is -2.02. The fraction of sp³-hybridized carbons (Fsp3) is 0.308. The van der Waals surface area contributed by atoms with Gasteiger partial charge in [-0.1, -0.05) is 42.6 Å². The molecule has 0 fully saturated rings. The van der Waals surface area contributed by atoms with E-state index in [1.165, 1.54) is 17.1 Å². The van der Waals surface area contributed by atoms with E-state index >= 15 is 0 Å². The van der Waals surface area contributed by atoms with Crippen LogP contribution in [0, 0.1) is 0 Å². The zero-order valence-corrected chi connectivity index (χ0v) is 10.8. The van der Waals surface area contributed by atoms with E-state index < -0.39 is 0 Å². The molecule has 0 atom stereocenters. The molecule has 1 aromatic carbocycles. The quantitative estimate of drug-likeness (QED) is 0.779. The van der Waals surface area contributed by atoms with Gasteiger partial charge in [-0.15, -0.1) is 5.10 Å². The molecule has 2 rings (SSSR count). The van der Waals surface area contributed by atoms with Crippen LogP contribution in [0.4, 0.5) is 0 Å². The first kappa shape index (κ1) is 11.9. The normalized spacial score (nSPS) is 10.5. The lowest BCUT2D eigenvalue weighted by atomic mass is 10.0. The van der Waals surface area contributed by atoms with Crippen molar-refractivity contribution < 1.29 is 4.79 Å². The summed E-state index contributed by atoms with van der Waals surface area (Å²) in [6, 6.07) is 7.74. The van der Waals surface area contributed by atoms with E-state index in [1.807, 2.05) is 31.2 Å².